The fourth-order valence-corrected chi connectivity index (χ4v) is 6.22. The first-order valence-electron chi connectivity index (χ1n) is 10.8. The summed E-state index contributed by atoms with van der Waals surface area (Å²) in [6.07, 6.45) is 13.7. The van der Waals surface area contributed by atoms with Crippen LogP contribution in [0.5, 0.6) is 0 Å². The van der Waals surface area contributed by atoms with Crippen molar-refractivity contribution < 1.29 is 4.79 Å². The Balaban J connectivity index is 1.25. The summed E-state index contributed by atoms with van der Waals surface area (Å²) in [4.78, 5) is 15.3. The lowest BCUT2D eigenvalue weighted by atomic mass is 9.83. The van der Waals surface area contributed by atoms with E-state index in [1.165, 1.54) is 44.9 Å². The van der Waals surface area contributed by atoms with Crippen molar-refractivity contribution in [3.05, 3.63) is 18.0 Å². The Morgan fingerprint density at radius 2 is 2.15 bits per heavy atom. The molecule has 5 heteroatoms. The monoisotopic (exact) mass is 356 g/mol. The number of rotatable bonds is 4. The minimum absolute atomic E-state index is 0.165. The van der Waals surface area contributed by atoms with E-state index in [9.17, 15) is 4.79 Å². The standard InChI is InChI=1S/C21H32N4O/c26-21(20-7-10-25(23-20)19-3-1-8-22-14-19)24-9-2-4-18(24)13-17-12-15-5-6-16(17)11-15/h7,10,15-19,22H,1-6,8-9,11-14H2. The van der Waals surface area contributed by atoms with Crippen LogP contribution in [0.2, 0.25) is 0 Å². The first kappa shape index (κ1) is 16.8. The van der Waals surface area contributed by atoms with Gasteiger partial charge in [-0.05, 0) is 81.7 Å². The van der Waals surface area contributed by atoms with Gasteiger partial charge in [0.25, 0.3) is 5.91 Å². The summed E-state index contributed by atoms with van der Waals surface area (Å²) in [5.74, 6) is 2.99. The van der Waals surface area contributed by atoms with Crippen molar-refractivity contribution in [2.45, 2.75) is 69.9 Å². The van der Waals surface area contributed by atoms with E-state index in [2.05, 4.69) is 15.3 Å². The number of piperidine rings is 1. The molecule has 1 amide bonds. The van der Waals surface area contributed by atoms with Crippen molar-refractivity contribution in [1.29, 1.82) is 0 Å². The van der Waals surface area contributed by atoms with Crippen LogP contribution in [0.1, 0.15) is 74.3 Å². The lowest BCUT2D eigenvalue weighted by Crippen LogP contribution is -2.38. The van der Waals surface area contributed by atoms with Gasteiger partial charge in [0.05, 0.1) is 6.04 Å². The molecule has 5 atom stereocenters. The number of fused-ring (bicyclic) bond motifs is 2. The molecule has 0 spiro atoms. The normalized spacial score (nSPS) is 36.8. The second-order valence-electron chi connectivity index (χ2n) is 9.15. The van der Waals surface area contributed by atoms with Crippen molar-refractivity contribution in [2.75, 3.05) is 19.6 Å². The highest BCUT2D eigenvalue weighted by Crippen LogP contribution is 2.50. The zero-order valence-electron chi connectivity index (χ0n) is 15.8. The Morgan fingerprint density at radius 3 is 2.92 bits per heavy atom. The average Bonchev–Trinajstić information content (AvgIpc) is 3.46. The summed E-state index contributed by atoms with van der Waals surface area (Å²) in [6.45, 7) is 2.98. The third-order valence-electron chi connectivity index (χ3n) is 7.57. The van der Waals surface area contributed by atoms with Crippen LogP contribution >= 0.6 is 0 Å². The smallest absolute Gasteiger partial charge is 0.274 e. The SMILES string of the molecule is O=C(c1ccn(C2CCCNC2)n1)N1CCCC1CC1CC2CCC1C2. The maximum Gasteiger partial charge on any atom is 0.274 e. The second-order valence-corrected chi connectivity index (χ2v) is 9.15. The average molecular weight is 357 g/mol. The highest BCUT2D eigenvalue weighted by atomic mass is 16.2. The topological polar surface area (TPSA) is 50.2 Å². The Morgan fingerprint density at radius 1 is 1.19 bits per heavy atom. The molecule has 2 saturated carbocycles. The number of carbonyl (C=O) groups is 1. The quantitative estimate of drug-likeness (QED) is 0.901. The number of hydrogen-bond acceptors (Lipinski definition) is 3. The Kier molecular flexibility index (Phi) is 4.51. The van der Waals surface area contributed by atoms with E-state index in [-0.39, 0.29) is 5.91 Å². The summed E-state index contributed by atoms with van der Waals surface area (Å²) in [7, 11) is 0. The molecule has 1 aromatic heterocycles. The molecule has 3 heterocycles. The maximum absolute atomic E-state index is 13.1. The van der Waals surface area contributed by atoms with Crippen molar-refractivity contribution >= 4 is 5.91 Å². The van der Waals surface area contributed by atoms with E-state index in [1.54, 1.807) is 0 Å². The predicted molar refractivity (Wildman–Crippen MR) is 101 cm³/mol. The summed E-state index contributed by atoms with van der Waals surface area (Å²) >= 11 is 0. The predicted octanol–water partition coefficient (Wildman–Crippen LogP) is 3.24. The van der Waals surface area contributed by atoms with Crippen molar-refractivity contribution in [2.24, 2.45) is 17.8 Å². The third kappa shape index (κ3) is 3.08. The van der Waals surface area contributed by atoms with Crippen molar-refractivity contribution in [3.63, 3.8) is 0 Å². The van der Waals surface area contributed by atoms with Crippen LogP contribution in [-0.2, 0) is 0 Å². The summed E-state index contributed by atoms with van der Waals surface area (Å²) in [6, 6.07) is 2.78. The summed E-state index contributed by atoms with van der Waals surface area (Å²) in [5, 5.41) is 8.10. The zero-order valence-corrected chi connectivity index (χ0v) is 15.8. The molecule has 2 saturated heterocycles. The number of hydrogen-bond donors (Lipinski definition) is 1. The molecule has 2 aliphatic heterocycles. The van der Waals surface area contributed by atoms with Crippen LogP contribution in [0, 0.1) is 17.8 Å². The summed E-state index contributed by atoms with van der Waals surface area (Å²) in [5.41, 5.74) is 0.649. The van der Waals surface area contributed by atoms with Gasteiger partial charge in [0, 0.05) is 25.3 Å². The Labute approximate surface area is 156 Å². The lowest BCUT2D eigenvalue weighted by molar-refractivity contribution is 0.0700. The van der Waals surface area contributed by atoms with Crippen LogP contribution in [0.3, 0.4) is 0 Å². The van der Waals surface area contributed by atoms with Gasteiger partial charge in [-0.2, -0.15) is 5.10 Å². The van der Waals surface area contributed by atoms with E-state index >= 15 is 0 Å². The number of nitrogens with one attached hydrogen (secondary N) is 1. The number of aromatic nitrogens is 2. The van der Waals surface area contributed by atoms with Gasteiger partial charge in [-0.25, -0.2) is 0 Å². The first-order valence-corrected chi connectivity index (χ1v) is 10.8. The van der Waals surface area contributed by atoms with Gasteiger partial charge in [-0.1, -0.05) is 6.42 Å². The molecule has 2 bridgehead atoms. The number of carbonyl (C=O) groups excluding carboxylic acids is 1. The van der Waals surface area contributed by atoms with Gasteiger partial charge in [-0.15, -0.1) is 0 Å². The molecule has 1 N–H and O–H groups in total. The molecule has 26 heavy (non-hydrogen) atoms. The van der Waals surface area contributed by atoms with Gasteiger partial charge in [0.15, 0.2) is 0 Å². The highest BCUT2D eigenvalue weighted by molar-refractivity contribution is 5.92. The van der Waals surface area contributed by atoms with E-state index in [0.717, 1.165) is 50.2 Å². The van der Waals surface area contributed by atoms with Gasteiger partial charge < -0.3 is 10.2 Å². The molecule has 4 aliphatic rings. The molecule has 5 unspecified atom stereocenters. The summed E-state index contributed by atoms with van der Waals surface area (Å²) < 4.78 is 2.01. The number of likely N-dealkylation sites (tertiary alicyclic amines) is 1. The largest absolute Gasteiger partial charge is 0.334 e. The molecule has 1 aromatic rings. The van der Waals surface area contributed by atoms with Crippen LogP contribution < -0.4 is 5.32 Å². The minimum Gasteiger partial charge on any atom is -0.334 e. The van der Waals surface area contributed by atoms with Crippen LogP contribution in [0.15, 0.2) is 12.3 Å². The maximum atomic E-state index is 13.1. The van der Waals surface area contributed by atoms with Gasteiger partial charge in [-0.3, -0.25) is 9.48 Å². The van der Waals surface area contributed by atoms with Crippen LogP contribution in [-0.4, -0.2) is 46.3 Å². The molecule has 0 radical (unpaired) electrons. The molecule has 5 rings (SSSR count). The molecule has 5 nitrogen and oxygen atoms in total. The molecular weight excluding hydrogens is 324 g/mol. The van der Waals surface area contributed by atoms with E-state index in [0.29, 0.717) is 17.8 Å². The Hall–Kier alpha value is -1.36. The van der Waals surface area contributed by atoms with Crippen LogP contribution in [0.25, 0.3) is 0 Å². The first-order chi connectivity index (χ1) is 12.8. The number of nitrogens with zero attached hydrogens (tertiary/aromatic N) is 3. The molecule has 142 valence electrons. The zero-order chi connectivity index (χ0) is 17.5. The van der Waals surface area contributed by atoms with Crippen molar-refractivity contribution in [3.8, 4) is 0 Å². The Bertz CT molecular complexity index is 650. The lowest BCUT2D eigenvalue weighted by Gasteiger charge is -2.30. The van der Waals surface area contributed by atoms with Crippen molar-refractivity contribution in [1.82, 2.24) is 20.0 Å². The highest BCUT2D eigenvalue weighted by Gasteiger charge is 2.42. The van der Waals surface area contributed by atoms with E-state index < -0.39 is 0 Å². The molecule has 2 aliphatic carbocycles. The van der Waals surface area contributed by atoms with Gasteiger partial charge in [0.2, 0.25) is 0 Å². The minimum atomic E-state index is 0.165. The van der Waals surface area contributed by atoms with E-state index in [1.807, 2.05) is 16.9 Å². The molecule has 4 fully saturated rings. The van der Waals surface area contributed by atoms with E-state index in [4.69, 9.17) is 0 Å². The molecule has 0 aromatic carbocycles. The van der Waals surface area contributed by atoms with Crippen LogP contribution in [0.4, 0.5) is 0 Å². The van der Waals surface area contributed by atoms with Gasteiger partial charge in [0.1, 0.15) is 5.69 Å². The fourth-order valence-electron chi connectivity index (χ4n) is 6.22. The molecular formula is C21H32N4O. The van der Waals surface area contributed by atoms with Gasteiger partial charge >= 0.3 is 0 Å². The number of amides is 1. The second kappa shape index (κ2) is 6.99. The fraction of sp³-hybridized carbons (Fsp3) is 0.810. The third-order valence-corrected chi connectivity index (χ3v) is 7.57.